The van der Waals surface area contributed by atoms with Crippen molar-refractivity contribution >= 4 is 15.9 Å². The standard InChI is InChI=1S/C13H26BrN/c1-10(2)13(8-14)9-15-6-5-11(3)7-12(15)4/h10-13H,5-9H2,1-4H3. The SMILES string of the molecule is CC1CCN(CC(CBr)C(C)C)C(C)C1. The first-order valence-electron chi connectivity index (χ1n) is 6.34. The predicted molar refractivity (Wildman–Crippen MR) is 71.6 cm³/mol. The largest absolute Gasteiger partial charge is 0.300 e. The third-order valence-electron chi connectivity index (χ3n) is 3.89. The van der Waals surface area contributed by atoms with Crippen molar-refractivity contribution in [3.63, 3.8) is 0 Å². The van der Waals surface area contributed by atoms with E-state index in [2.05, 4.69) is 48.5 Å². The summed E-state index contributed by atoms with van der Waals surface area (Å²) in [5.41, 5.74) is 0. The van der Waals surface area contributed by atoms with E-state index in [1.807, 2.05) is 0 Å². The van der Waals surface area contributed by atoms with Gasteiger partial charge in [-0.25, -0.2) is 0 Å². The van der Waals surface area contributed by atoms with Crippen LogP contribution >= 0.6 is 15.9 Å². The maximum Gasteiger partial charge on any atom is 0.00743 e. The highest BCUT2D eigenvalue weighted by Crippen LogP contribution is 2.25. The second kappa shape index (κ2) is 6.24. The third-order valence-corrected chi connectivity index (χ3v) is 4.72. The van der Waals surface area contributed by atoms with Crippen molar-refractivity contribution in [1.82, 2.24) is 4.90 Å². The first-order chi connectivity index (χ1) is 7.04. The molecule has 0 aromatic heterocycles. The highest BCUT2D eigenvalue weighted by molar-refractivity contribution is 9.09. The van der Waals surface area contributed by atoms with Gasteiger partial charge in [-0.3, -0.25) is 0 Å². The molecule has 0 aliphatic carbocycles. The summed E-state index contributed by atoms with van der Waals surface area (Å²) in [6.45, 7) is 12.0. The van der Waals surface area contributed by atoms with Gasteiger partial charge in [-0.15, -0.1) is 0 Å². The van der Waals surface area contributed by atoms with Crippen LogP contribution in [-0.2, 0) is 0 Å². The smallest absolute Gasteiger partial charge is 0.00743 e. The molecule has 0 saturated carbocycles. The molecular weight excluding hydrogens is 250 g/mol. The monoisotopic (exact) mass is 275 g/mol. The van der Waals surface area contributed by atoms with Crippen LogP contribution in [0.3, 0.4) is 0 Å². The average molecular weight is 276 g/mol. The van der Waals surface area contributed by atoms with Gasteiger partial charge in [0.1, 0.15) is 0 Å². The van der Waals surface area contributed by atoms with Crippen LogP contribution < -0.4 is 0 Å². The molecule has 1 fully saturated rings. The van der Waals surface area contributed by atoms with Crippen molar-refractivity contribution in [2.75, 3.05) is 18.4 Å². The fraction of sp³-hybridized carbons (Fsp3) is 1.00. The number of halogens is 1. The summed E-state index contributed by atoms with van der Waals surface area (Å²) in [6.07, 6.45) is 2.77. The summed E-state index contributed by atoms with van der Waals surface area (Å²) in [7, 11) is 0. The minimum absolute atomic E-state index is 0.786. The average Bonchev–Trinajstić information content (AvgIpc) is 2.16. The molecule has 1 aliphatic heterocycles. The summed E-state index contributed by atoms with van der Waals surface area (Å²) >= 11 is 3.65. The highest BCUT2D eigenvalue weighted by Gasteiger charge is 2.25. The van der Waals surface area contributed by atoms with Crippen molar-refractivity contribution in [2.24, 2.45) is 17.8 Å². The molecule has 1 rings (SSSR count). The molecule has 0 spiro atoms. The molecular formula is C13H26BrN. The Balaban J connectivity index is 2.43. The fourth-order valence-corrected chi connectivity index (χ4v) is 3.42. The number of alkyl halides is 1. The Labute approximate surface area is 104 Å². The second-order valence-corrected chi connectivity index (χ2v) is 6.28. The molecule has 3 atom stereocenters. The third kappa shape index (κ3) is 4.07. The lowest BCUT2D eigenvalue weighted by Crippen LogP contribution is -2.43. The zero-order valence-electron chi connectivity index (χ0n) is 10.7. The molecule has 0 amide bonds. The van der Waals surface area contributed by atoms with E-state index in [0.717, 1.165) is 29.1 Å². The molecule has 0 radical (unpaired) electrons. The van der Waals surface area contributed by atoms with Crippen molar-refractivity contribution in [1.29, 1.82) is 0 Å². The first kappa shape index (κ1) is 13.5. The molecule has 3 unspecified atom stereocenters. The van der Waals surface area contributed by atoms with Gasteiger partial charge in [0.25, 0.3) is 0 Å². The second-order valence-electron chi connectivity index (χ2n) is 5.63. The first-order valence-corrected chi connectivity index (χ1v) is 7.46. The van der Waals surface area contributed by atoms with Gasteiger partial charge in [0.2, 0.25) is 0 Å². The Morgan fingerprint density at radius 1 is 1.33 bits per heavy atom. The van der Waals surface area contributed by atoms with Crippen LogP contribution in [0.25, 0.3) is 0 Å². The van der Waals surface area contributed by atoms with E-state index in [9.17, 15) is 0 Å². The molecule has 0 aromatic carbocycles. The van der Waals surface area contributed by atoms with Crippen LogP contribution in [0, 0.1) is 17.8 Å². The molecule has 1 aliphatic rings. The van der Waals surface area contributed by atoms with Gasteiger partial charge in [0, 0.05) is 17.9 Å². The van der Waals surface area contributed by atoms with E-state index in [-0.39, 0.29) is 0 Å². The predicted octanol–water partition coefficient (Wildman–Crippen LogP) is 3.77. The molecule has 1 saturated heterocycles. The van der Waals surface area contributed by atoms with E-state index in [0.29, 0.717) is 0 Å². The van der Waals surface area contributed by atoms with Gasteiger partial charge < -0.3 is 4.90 Å². The van der Waals surface area contributed by atoms with Gasteiger partial charge in [0.15, 0.2) is 0 Å². The molecule has 1 heterocycles. The molecule has 90 valence electrons. The van der Waals surface area contributed by atoms with Crippen molar-refractivity contribution < 1.29 is 0 Å². The molecule has 1 nitrogen and oxygen atoms in total. The summed E-state index contributed by atoms with van der Waals surface area (Å²) < 4.78 is 0. The highest BCUT2D eigenvalue weighted by atomic mass is 79.9. The van der Waals surface area contributed by atoms with Crippen LogP contribution in [0.1, 0.15) is 40.5 Å². The van der Waals surface area contributed by atoms with Crippen molar-refractivity contribution in [2.45, 2.75) is 46.6 Å². The summed E-state index contributed by atoms with van der Waals surface area (Å²) in [5, 5.41) is 1.14. The maximum atomic E-state index is 3.65. The lowest BCUT2D eigenvalue weighted by molar-refractivity contribution is 0.104. The zero-order chi connectivity index (χ0) is 11.4. The maximum absolute atomic E-state index is 3.65. The van der Waals surface area contributed by atoms with Crippen molar-refractivity contribution in [3.05, 3.63) is 0 Å². The van der Waals surface area contributed by atoms with Crippen LogP contribution in [0.15, 0.2) is 0 Å². The Kier molecular flexibility index (Phi) is 5.62. The molecule has 0 N–H and O–H groups in total. The summed E-state index contributed by atoms with van der Waals surface area (Å²) in [4.78, 5) is 2.69. The lowest BCUT2D eigenvalue weighted by Gasteiger charge is -2.39. The quantitative estimate of drug-likeness (QED) is 0.706. The van der Waals surface area contributed by atoms with Gasteiger partial charge in [-0.1, -0.05) is 36.7 Å². The zero-order valence-corrected chi connectivity index (χ0v) is 12.3. The Bertz CT molecular complexity index is 181. The fourth-order valence-electron chi connectivity index (χ4n) is 2.47. The number of hydrogen-bond donors (Lipinski definition) is 0. The van der Waals surface area contributed by atoms with Gasteiger partial charge in [0.05, 0.1) is 0 Å². The van der Waals surface area contributed by atoms with Crippen molar-refractivity contribution in [3.8, 4) is 0 Å². The minimum atomic E-state index is 0.786. The number of hydrogen-bond acceptors (Lipinski definition) is 1. The molecule has 0 bridgehead atoms. The minimum Gasteiger partial charge on any atom is -0.300 e. The number of likely N-dealkylation sites (tertiary alicyclic amines) is 1. The van der Waals surface area contributed by atoms with Crippen LogP contribution in [0.4, 0.5) is 0 Å². The van der Waals surface area contributed by atoms with E-state index in [1.54, 1.807) is 0 Å². The Hall–Kier alpha value is 0.440. The Morgan fingerprint density at radius 3 is 2.47 bits per heavy atom. The Morgan fingerprint density at radius 2 is 2.00 bits per heavy atom. The van der Waals surface area contributed by atoms with Crippen LogP contribution in [0.2, 0.25) is 0 Å². The number of rotatable bonds is 4. The molecule has 0 aromatic rings. The van der Waals surface area contributed by atoms with Gasteiger partial charge in [-0.2, -0.15) is 0 Å². The lowest BCUT2D eigenvalue weighted by atomic mass is 9.90. The van der Waals surface area contributed by atoms with Gasteiger partial charge >= 0.3 is 0 Å². The van der Waals surface area contributed by atoms with Crippen LogP contribution in [-0.4, -0.2) is 29.4 Å². The summed E-state index contributed by atoms with van der Waals surface area (Å²) in [6, 6.07) is 0.786. The molecule has 2 heteroatoms. The number of nitrogens with zero attached hydrogens (tertiary/aromatic N) is 1. The number of piperidine rings is 1. The van der Waals surface area contributed by atoms with E-state index in [1.165, 1.54) is 25.9 Å². The van der Waals surface area contributed by atoms with Gasteiger partial charge in [-0.05, 0) is 44.1 Å². The van der Waals surface area contributed by atoms with E-state index >= 15 is 0 Å². The van der Waals surface area contributed by atoms with Crippen LogP contribution in [0.5, 0.6) is 0 Å². The topological polar surface area (TPSA) is 3.24 Å². The summed E-state index contributed by atoms with van der Waals surface area (Å²) in [5.74, 6) is 2.52. The van der Waals surface area contributed by atoms with E-state index in [4.69, 9.17) is 0 Å². The normalized spacial score (nSPS) is 30.8. The molecule has 15 heavy (non-hydrogen) atoms. The van der Waals surface area contributed by atoms with E-state index < -0.39 is 0 Å².